The van der Waals surface area contributed by atoms with Gasteiger partial charge in [-0.15, -0.1) is 0 Å². The Morgan fingerprint density at radius 3 is 2.76 bits per heavy atom. The molecule has 0 fully saturated rings. The second-order valence-corrected chi connectivity index (χ2v) is 4.64. The van der Waals surface area contributed by atoms with E-state index in [1.807, 2.05) is 24.3 Å². The highest BCUT2D eigenvalue weighted by molar-refractivity contribution is 7.99. The van der Waals surface area contributed by atoms with Gasteiger partial charge < -0.3 is 5.73 Å². The van der Waals surface area contributed by atoms with Crippen LogP contribution in [0.25, 0.3) is 0 Å². The van der Waals surface area contributed by atoms with Crippen LogP contribution in [0, 0.1) is 5.82 Å². The summed E-state index contributed by atoms with van der Waals surface area (Å²) in [6.07, 6.45) is 2.40. The molecule has 0 spiro atoms. The predicted molar refractivity (Wildman–Crippen MR) is 67.5 cm³/mol. The number of halogens is 1. The third kappa shape index (κ3) is 3.28. The minimum absolute atomic E-state index is 0.216. The lowest BCUT2D eigenvalue weighted by molar-refractivity contribution is 0.599. The van der Waals surface area contributed by atoms with E-state index in [1.165, 1.54) is 17.8 Å². The molecule has 0 aliphatic rings. The number of rotatable bonds is 4. The van der Waals surface area contributed by atoms with Gasteiger partial charge >= 0.3 is 0 Å². The molecule has 0 aliphatic heterocycles. The molecule has 0 saturated heterocycles. The molecule has 0 amide bonds. The molecule has 0 bridgehead atoms. The minimum Gasteiger partial charge on any atom is -0.330 e. The van der Waals surface area contributed by atoms with Crippen LogP contribution < -0.4 is 5.73 Å². The smallest absolute Gasteiger partial charge is 0.137 e. The summed E-state index contributed by atoms with van der Waals surface area (Å²) in [5, 5.41) is 0.790. The van der Waals surface area contributed by atoms with Crippen molar-refractivity contribution >= 4 is 11.8 Å². The van der Waals surface area contributed by atoms with E-state index in [1.54, 1.807) is 12.3 Å². The Labute approximate surface area is 104 Å². The molecule has 2 aromatic rings. The number of pyridine rings is 1. The zero-order valence-electron chi connectivity index (χ0n) is 9.27. The number of benzene rings is 1. The Bertz CT molecular complexity index is 488. The van der Waals surface area contributed by atoms with Crippen molar-refractivity contribution < 1.29 is 4.39 Å². The van der Waals surface area contributed by atoms with E-state index < -0.39 is 0 Å². The van der Waals surface area contributed by atoms with E-state index in [-0.39, 0.29) is 5.82 Å². The van der Waals surface area contributed by atoms with Gasteiger partial charge in [-0.1, -0.05) is 23.9 Å². The molecular formula is C13H13FN2S. The highest BCUT2D eigenvalue weighted by Gasteiger charge is 2.05. The lowest BCUT2D eigenvalue weighted by atomic mass is 10.1. The van der Waals surface area contributed by atoms with Crippen molar-refractivity contribution in [2.24, 2.45) is 5.73 Å². The SMILES string of the molecule is NCCc1ccc(Sc2ccccn2)c(F)c1. The minimum atomic E-state index is -0.216. The Morgan fingerprint density at radius 2 is 2.12 bits per heavy atom. The zero-order chi connectivity index (χ0) is 12.1. The molecule has 2 nitrogen and oxygen atoms in total. The van der Waals surface area contributed by atoms with Crippen LogP contribution in [0.15, 0.2) is 52.5 Å². The molecule has 17 heavy (non-hydrogen) atoms. The largest absolute Gasteiger partial charge is 0.330 e. The molecule has 0 atom stereocenters. The third-order valence-corrected chi connectivity index (χ3v) is 3.28. The maximum Gasteiger partial charge on any atom is 0.137 e. The molecule has 88 valence electrons. The van der Waals surface area contributed by atoms with Crippen LogP contribution in [0.1, 0.15) is 5.56 Å². The first kappa shape index (κ1) is 12.1. The molecule has 0 radical (unpaired) electrons. The van der Waals surface area contributed by atoms with Crippen LogP contribution in [0.3, 0.4) is 0 Å². The second kappa shape index (κ2) is 5.80. The van der Waals surface area contributed by atoms with Crippen molar-refractivity contribution in [3.8, 4) is 0 Å². The summed E-state index contributed by atoms with van der Waals surface area (Å²) in [6.45, 7) is 0.534. The molecular weight excluding hydrogens is 235 g/mol. The van der Waals surface area contributed by atoms with Crippen LogP contribution in [-0.2, 0) is 6.42 Å². The summed E-state index contributed by atoms with van der Waals surface area (Å²) < 4.78 is 13.8. The van der Waals surface area contributed by atoms with Gasteiger partial charge in [0, 0.05) is 11.1 Å². The highest BCUT2D eigenvalue weighted by Crippen LogP contribution is 2.28. The van der Waals surface area contributed by atoms with Gasteiger partial charge in [-0.3, -0.25) is 0 Å². The molecule has 2 N–H and O–H groups in total. The van der Waals surface area contributed by atoms with Crippen molar-refractivity contribution in [2.75, 3.05) is 6.54 Å². The van der Waals surface area contributed by atoms with Crippen LogP contribution in [0.4, 0.5) is 4.39 Å². The topological polar surface area (TPSA) is 38.9 Å². The van der Waals surface area contributed by atoms with Crippen molar-refractivity contribution in [1.29, 1.82) is 0 Å². The third-order valence-electron chi connectivity index (χ3n) is 2.28. The number of hydrogen-bond acceptors (Lipinski definition) is 3. The van der Waals surface area contributed by atoms with Gasteiger partial charge in [-0.05, 0) is 42.8 Å². The average Bonchev–Trinajstić information content (AvgIpc) is 2.34. The number of nitrogens with two attached hydrogens (primary N) is 1. The average molecular weight is 248 g/mol. The highest BCUT2D eigenvalue weighted by atomic mass is 32.2. The van der Waals surface area contributed by atoms with E-state index in [9.17, 15) is 4.39 Å². The Morgan fingerprint density at radius 1 is 1.24 bits per heavy atom. The summed E-state index contributed by atoms with van der Waals surface area (Å²) in [5.41, 5.74) is 6.36. The molecule has 1 aromatic heterocycles. The molecule has 2 rings (SSSR count). The fourth-order valence-electron chi connectivity index (χ4n) is 1.47. The lowest BCUT2D eigenvalue weighted by Crippen LogP contribution is -2.02. The standard InChI is InChI=1S/C13H13FN2S/c14-11-9-10(6-7-15)4-5-12(11)17-13-3-1-2-8-16-13/h1-5,8-9H,6-7,15H2. The van der Waals surface area contributed by atoms with E-state index in [0.29, 0.717) is 17.9 Å². The van der Waals surface area contributed by atoms with E-state index in [2.05, 4.69) is 4.98 Å². The van der Waals surface area contributed by atoms with Gasteiger partial charge in [0.2, 0.25) is 0 Å². The first-order valence-electron chi connectivity index (χ1n) is 5.37. The van der Waals surface area contributed by atoms with Crippen LogP contribution in [-0.4, -0.2) is 11.5 Å². The van der Waals surface area contributed by atoms with E-state index in [0.717, 1.165) is 10.6 Å². The quantitative estimate of drug-likeness (QED) is 0.904. The van der Waals surface area contributed by atoms with Crippen molar-refractivity contribution in [2.45, 2.75) is 16.3 Å². The van der Waals surface area contributed by atoms with Gasteiger partial charge in [0.15, 0.2) is 0 Å². The normalized spacial score (nSPS) is 10.5. The monoisotopic (exact) mass is 248 g/mol. The molecule has 4 heteroatoms. The van der Waals surface area contributed by atoms with Gasteiger partial charge in [0.25, 0.3) is 0 Å². The fraction of sp³-hybridized carbons (Fsp3) is 0.154. The summed E-state index contributed by atoms with van der Waals surface area (Å²) in [5.74, 6) is -0.216. The van der Waals surface area contributed by atoms with Gasteiger partial charge in [0.1, 0.15) is 10.8 Å². The number of aromatic nitrogens is 1. The lowest BCUT2D eigenvalue weighted by Gasteiger charge is -2.04. The molecule has 0 aliphatic carbocycles. The fourth-order valence-corrected chi connectivity index (χ4v) is 2.25. The maximum atomic E-state index is 13.8. The molecule has 1 aromatic carbocycles. The second-order valence-electron chi connectivity index (χ2n) is 3.57. The molecule has 0 unspecified atom stereocenters. The van der Waals surface area contributed by atoms with Gasteiger partial charge in [0.05, 0.1) is 0 Å². The van der Waals surface area contributed by atoms with E-state index in [4.69, 9.17) is 5.73 Å². The van der Waals surface area contributed by atoms with Crippen LogP contribution >= 0.6 is 11.8 Å². The summed E-state index contributed by atoms with van der Waals surface area (Å²) in [6, 6.07) is 10.8. The Hall–Kier alpha value is -1.39. The van der Waals surface area contributed by atoms with Gasteiger partial charge in [-0.25, -0.2) is 9.37 Å². The van der Waals surface area contributed by atoms with Crippen molar-refractivity contribution in [3.63, 3.8) is 0 Å². The Kier molecular flexibility index (Phi) is 4.12. The number of hydrogen-bond donors (Lipinski definition) is 1. The van der Waals surface area contributed by atoms with E-state index >= 15 is 0 Å². The summed E-state index contributed by atoms with van der Waals surface area (Å²) >= 11 is 1.32. The van der Waals surface area contributed by atoms with Crippen molar-refractivity contribution in [3.05, 3.63) is 54.0 Å². The molecule has 0 saturated carbocycles. The predicted octanol–water partition coefficient (Wildman–Crippen LogP) is 2.87. The van der Waals surface area contributed by atoms with Crippen LogP contribution in [0.2, 0.25) is 0 Å². The van der Waals surface area contributed by atoms with Gasteiger partial charge in [-0.2, -0.15) is 0 Å². The first-order valence-corrected chi connectivity index (χ1v) is 6.18. The Balaban J connectivity index is 2.17. The summed E-state index contributed by atoms with van der Waals surface area (Å²) in [7, 11) is 0. The molecule has 1 heterocycles. The zero-order valence-corrected chi connectivity index (χ0v) is 10.1. The maximum absolute atomic E-state index is 13.8. The van der Waals surface area contributed by atoms with Crippen molar-refractivity contribution in [1.82, 2.24) is 4.98 Å². The number of nitrogens with zero attached hydrogens (tertiary/aromatic N) is 1. The summed E-state index contributed by atoms with van der Waals surface area (Å²) in [4.78, 5) is 4.74. The van der Waals surface area contributed by atoms with Crippen LogP contribution in [0.5, 0.6) is 0 Å². The first-order chi connectivity index (χ1) is 8.29.